The largest absolute Gasteiger partial charge is 0.272 e. The number of nitrogens with one attached hydrogen (secondary N) is 1. The summed E-state index contributed by atoms with van der Waals surface area (Å²) in [7, 11) is 0. The Morgan fingerprint density at radius 2 is 1.75 bits per heavy atom. The fraction of sp³-hybridized carbons (Fsp3) is 0.0435. The molecule has 0 aliphatic carbocycles. The van der Waals surface area contributed by atoms with E-state index in [-0.39, 0.29) is 17.5 Å². The van der Waals surface area contributed by atoms with Crippen LogP contribution in [0.5, 0.6) is 0 Å². The fourth-order valence-electron chi connectivity index (χ4n) is 2.85. The van der Waals surface area contributed by atoms with Crippen molar-refractivity contribution in [3.05, 3.63) is 94.7 Å². The van der Waals surface area contributed by atoms with Crippen molar-refractivity contribution in [1.29, 1.82) is 0 Å². The van der Waals surface area contributed by atoms with Crippen molar-refractivity contribution >= 4 is 39.8 Å². The Kier molecular flexibility index (Phi) is 7.08. The number of hydrogen-bond donors (Lipinski definition) is 1. The minimum Gasteiger partial charge on any atom is -0.272 e. The summed E-state index contributed by atoms with van der Waals surface area (Å²) in [5.74, 6) is 0.168. The molecule has 0 saturated carbocycles. The molecule has 0 aliphatic rings. The van der Waals surface area contributed by atoms with E-state index < -0.39 is 0 Å². The van der Waals surface area contributed by atoms with Crippen LogP contribution in [0.2, 0.25) is 0 Å². The molecular formula is C23H17BrFN5OS. The van der Waals surface area contributed by atoms with E-state index in [9.17, 15) is 9.18 Å². The van der Waals surface area contributed by atoms with Crippen molar-refractivity contribution in [2.45, 2.75) is 5.16 Å². The zero-order valence-corrected chi connectivity index (χ0v) is 19.1. The lowest BCUT2D eigenvalue weighted by molar-refractivity contribution is -0.118. The number of nitrogens with zero attached hydrogens (tertiary/aromatic N) is 4. The zero-order chi connectivity index (χ0) is 22.3. The number of hydrogen-bond acceptors (Lipinski definition) is 5. The van der Waals surface area contributed by atoms with Gasteiger partial charge in [0.1, 0.15) is 5.82 Å². The van der Waals surface area contributed by atoms with Gasteiger partial charge >= 0.3 is 0 Å². The minimum atomic E-state index is -0.326. The highest BCUT2D eigenvalue weighted by Gasteiger charge is 2.17. The quantitative estimate of drug-likeness (QED) is 0.214. The number of carbonyl (C=O) groups is 1. The molecular weight excluding hydrogens is 493 g/mol. The van der Waals surface area contributed by atoms with Gasteiger partial charge in [-0.2, -0.15) is 5.10 Å². The van der Waals surface area contributed by atoms with Gasteiger partial charge in [0.05, 0.1) is 12.0 Å². The molecule has 1 aromatic heterocycles. The second-order valence-electron chi connectivity index (χ2n) is 6.62. The van der Waals surface area contributed by atoms with Gasteiger partial charge in [0.2, 0.25) is 0 Å². The highest BCUT2D eigenvalue weighted by atomic mass is 79.9. The van der Waals surface area contributed by atoms with Crippen molar-refractivity contribution in [3.8, 4) is 17.1 Å². The van der Waals surface area contributed by atoms with Crippen molar-refractivity contribution in [2.75, 3.05) is 5.75 Å². The molecule has 32 heavy (non-hydrogen) atoms. The lowest BCUT2D eigenvalue weighted by Gasteiger charge is -2.10. The highest BCUT2D eigenvalue weighted by Crippen LogP contribution is 2.28. The first-order valence-corrected chi connectivity index (χ1v) is 11.3. The van der Waals surface area contributed by atoms with Crippen molar-refractivity contribution in [3.63, 3.8) is 0 Å². The average Bonchev–Trinajstić information content (AvgIpc) is 3.24. The first kappa shape index (κ1) is 21.9. The molecule has 0 saturated heterocycles. The predicted molar refractivity (Wildman–Crippen MR) is 127 cm³/mol. The van der Waals surface area contributed by atoms with Gasteiger partial charge < -0.3 is 0 Å². The number of amides is 1. The molecule has 0 fully saturated rings. The summed E-state index contributed by atoms with van der Waals surface area (Å²) >= 11 is 4.71. The van der Waals surface area contributed by atoms with Crippen molar-refractivity contribution in [2.24, 2.45) is 5.10 Å². The summed E-state index contributed by atoms with van der Waals surface area (Å²) in [6.45, 7) is 0. The molecule has 4 aromatic rings. The van der Waals surface area contributed by atoms with Crippen LogP contribution in [-0.2, 0) is 4.79 Å². The molecule has 0 radical (unpaired) electrons. The van der Waals surface area contributed by atoms with Crippen LogP contribution in [0.15, 0.2) is 93.6 Å². The summed E-state index contributed by atoms with van der Waals surface area (Å²) in [4.78, 5) is 12.3. The normalized spacial score (nSPS) is 11.1. The van der Waals surface area contributed by atoms with Gasteiger partial charge in [0, 0.05) is 15.7 Å². The van der Waals surface area contributed by atoms with Gasteiger partial charge in [-0.3, -0.25) is 9.36 Å². The second-order valence-corrected chi connectivity index (χ2v) is 8.48. The van der Waals surface area contributed by atoms with Crippen LogP contribution in [0.3, 0.4) is 0 Å². The maximum atomic E-state index is 12.9. The lowest BCUT2D eigenvalue weighted by atomic mass is 10.2. The van der Waals surface area contributed by atoms with Gasteiger partial charge in [-0.25, -0.2) is 9.82 Å². The van der Waals surface area contributed by atoms with E-state index in [2.05, 4.69) is 36.7 Å². The number of rotatable bonds is 7. The van der Waals surface area contributed by atoms with Crippen LogP contribution < -0.4 is 5.43 Å². The number of para-hydroxylation sites is 1. The summed E-state index contributed by atoms with van der Waals surface area (Å²) in [5, 5.41) is 13.2. The third-order valence-corrected chi connectivity index (χ3v) is 5.81. The predicted octanol–water partition coefficient (Wildman–Crippen LogP) is 5.08. The van der Waals surface area contributed by atoms with E-state index in [0.29, 0.717) is 16.5 Å². The standard InChI is InChI=1S/C23H17BrFN5OS/c24-18-10-8-17(9-11-18)22-28-29-23(30(22)20-4-2-1-3-5-20)32-15-21(31)27-26-14-16-6-12-19(25)13-7-16/h1-14H,15H2,(H,27,31). The second kappa shape index (κ2) is 10.3. The molecule has 1 heterocycles. The number of benzene rings is 3. The summed E-state index contributed by atoms with van der Waals surface area (Å²) in [6, 6.07) is 23.3. The molecule has 160 valence electrons. The van der Waals surface area contributed by atoms with Crippen molar-refractivity contribution in [1.82, 2.24) is 20.2 Å². The third-order valence-electron chi connectivity index (χ3n) is 4.36. The molecule has 9 heteroatoms. The Hall–Kier alpha value is -3.30. The Labute approximate surface area is 196 Å². The van der Waals surface area contributed by atoms with Crippen LogP contribution in [-0.4, -0.2) is 32.6 Å². The van der Waals surface area contributed by atoms with Crippen LogP contribution in [0, 0.1) is 5.82 Å². The number of aromatic nitrogens is 3. The van der Waals surface area contributed by atoms with Gasteiger partial charge in [-0.05, 0) is 42.0 Å². The SMILES string of the molecule is O=C(CSc1nnc(-c2ccc(Br)cc2)n1-c1ccccc1)NN=Cc1ccc(F)cc1. The van der Waals surface area contributed by atoms with E-state index in [4.69, 9.17) is 0 Å². The first-order valence-electron chi connectivity index (χ1n) is 9.57. The molecule has 1 N–H and O–H groups in total. The Morgan fingerprint density at radius 3 is 2.47 bits per heavy atom. The monoisotopic (exact) mass is 509 g/mol. The smallest absolute Gasteiger partial charge is 0.250 e. The molecule has 6 nitrogen and oxygen atoms in total. The first-order chi connectivity index (χ1) is 15.6. The summed E-state index contributed by atoms with van der Waals surface area (Å²) < 4.78 is 15.8. The van der Waals surface area contributed by atoms with Crippen molar-refractivity contribution < 1.29 is 9.18 Å². The van der Waals surface area contributed by atoms with E-state index in [1.807, 2.05) is 59.2 Å². The molecule has 0 spiro atoms. The molecule has 4 rings (SSSR count). The van der Waals surface area contributed by atoms with Crippen LogP contribution in [0.1, 0.15) is 5.56 Å². The molecule has 0 unspecified atom stereocenters. The van der Waals surface area contributed by atoms with E-state index in [1.165, 1.54) is 30.1 Å². The number of carbonyl (C=O) groups excluding carboxylic acids is 1. The van der Waals surface area contributed by atoms with Gasteiger partial charge in [-0.1, -0.05) is 70.2 Å². The Bertz CT molecular complexity index is 1230. The van der Waals surface area contributed by atoms with Gasteiger partial charge in [0.25, 0.3) is 5.91 Å². The van der Waals surface area contributed by atoms with Crippen LogP contribution >= 0.6 is 27.7 Å². The maximum Gasteiger partial charge on any atom is 0.250 e. The molecule has 0 bridgehead atoms. The third kappa shape index (κ3) is 5.49. The zero-order valence-electron chi connectivity index (χ0n) is 16.7. The Morgan fingerprint density at radius 1 is 1.03 bits per heavy atom. The van der Waals surface area contributed by atoms with Crippen LogP contribution in [0.4, 0.5) is 4.39 Å². The Balaban J connectivity index is 1.49. The molecule has 0 aliphatic heterocycles. The van der Waals surface area contributed by atoms with Gasteiger partial charge in [-0.15, -0.1) is 10.2 Å². The van der Waals surface area contributed by atoms with E-state index in [1.54, 1.807) is 12.1 Å². The van der Waals surface area contributed by atoms with Gasteiger partial charge in [0.15, 0.2) is 11.0 Å². The van der Waals surface area contributed by atoms with E-state index >= 15 is 0 Å². The number of thioether (sulfide) groups is 1. The molecule has 3 aromatic carbocycles. The number of hydrazone groups is 1. The number of halogens is 2. The highest BCUT2D eigenvalue weighted by molar-refractivity contribution is 9.10. The average molecular weight is 510 g/mol. The maximum absolute atomic E-state index is 12.9. The fourth-order valence-corrected chi connectivity index (χ4v) is 3.86. The minimum absolute atomic E-state index is 0.103. The summed E-state index contributed by atoms with van der Waals surface area (Å²) in [6.07, 6.45) is 1.46. The van der Waals surface area contributed by atoms with E-state index in [0.717, 1.165) is 15.7 Å². The topological polar surface area (TPSA) is 72.2 Å². The summed E-state index contributed by atoms with van der Waals surface area (Å²) in [5.41, 5.74) is 4.96. The lowest BCUT2D eigenvalue weighted by Crippen LogP contribution is -2.20. The van der Waals surface area contributed by atoms with Crippen LogP contribution in [0.25, 0.3) is 17.1 Å². The molecule has 1 amide bonds. The molecule has 0 atom stereocenters.